The van der Waals surface area contributed by atoms with Gasteiger partial charge in [-0.1, -0.05) is 25.1 Å². The van der Waals surface area contributed by atoms with E-state index < -0.39 is 16.0 Å². The van der Waals surface area contributed by atoms with E-state index >= 15 is 0 Å². The van der Waals surface area contributed by atoms with Crippen LogP contribution in [0.25, 0.3) is 0 Å². The van der Waals surface area contributed by atoms with Crippen molar-refractivity contribution in [3.8, 4) is 5.75 Å². The van der Waals surface area contributed by atoms with Crippen molar-refractivity contribution in [2.75, 3.05) is 0 Å². The number of phenols is 1. The van der Waals surface area contributed by atoms with Crippen LogP contribution in [-0.2, 0) is 26.6 Å². The second kappa shape index (κ2) is 7.95. The van der Waals surface area contributed by atoms with Crippen LogP contribution < -0.4 is 5.14 Å². The number of fused-ring (bicyclic) bond motifs is 5. The Morgan fingerprint density at radius 1 is 1.21 bits per heavy atom. The number of aryl methyl sites for hydroxylation is 1. The van der Waals surface area contributed by atoms with Crippen molar-refractivity contribution in [2.45, 2.75) is 61.9 Å². The Bertz CT molecular complexity index is 1270. The van der Waals surface area contributed by atoms with Crippen molar-refractivity contribution in [3.63, 3.8) is 0 Å². The van der Waals surface area contributed by atoms with Crippen LogP contribution in [0.1, 0.15) is 60.5 Å². The summed E-state index contributed by atoms with van der Waals surface area (Å²) in [6, 6.07) is 11.4. The smallest absolute Gasteiger partial charge is 0.338 e. The molecule has 0 saturated heterocycles. The molecular weight excluding hydrogens is 450 g/mol. The van der Waals surface area contributed by atoms with Gasteiger partial charge in [0.2, 0.25) is 10.0 Å². The maximum Gasteiger partial charge on any atom is 0.338 e. The van der Waals surface area contributed by atoms with Gasteiger partial charge in [-0.25, -0.2) is 18.4 Å². The number of sulfonamides is 1. The molecule has 3 N–H and O–H groups in total. The number of primary sulfonamides is 1. The van der Waals surface area contributed by atoms with E-state index in [4.69, 9.17) is 9.88 Å². The maximum atomic E-state index is 12.9. The standard InChI is InChI=1S/C27H31NO5S/c1-3-27-12-11-26(2)16-20(33-25(30)18-5-4-6-21(14-18)34(28,31)32)15-24(26)23(27)9-7-17-13-19(29)8-10-22(17)27/h3-6,8,10,13-14,20,23-24,29H,1,7,9,11-12,15-16H2,2H3,(H2,28,31,32)/t20-,23?,24?,26+,27?/m0/s1. The third kappa shape index (κ3) is 3.66. The van der Waals surface area contributed by atoms with Crippen LogP contribution in [0.5, 0.6) is 5.75 Å². The summed E-state index contributed by atoms with van der Waals surface area (Å²) in [6.07, 6.45) is 7.40. The number of hydrogen-bond acceptors (Lipinski definition) is 5. The molecule has 0 amide bonds. The van der Waals surface area contributed by atoms with Crippen molar-refractivity contribution in [1.29, 1.82) is 0 Å². The van der Waals surface area contributed by atoms with Crippen molar-refractivity contribution in [2.24, 2.45) is 22.4 Å². The van der Waals surface area contributed by atoms with Gasteiger partial charge in [-0.3, -0.25) is 0 Å². The van der Waals surface area contributed by atoms with Crippen LogP contribution in [-0.4, -0.2) is 25.6 Å². The minimum atomic E-state index is -3.90. The molecule has 0 heterocycles. The molecule has 0 aromatic heterocycles. The van der Waals surface area contributed by atoms with Crippen LogP contribution in [0.15, 0.2) is 60.0 Å². The van der Waals surface area contributed by atoms with E-state index in [9.17, 15) is 18.3 Å². The molecule has 7 heteroatoms. The van der Waals surface area contributed by atoms with Gasteiger partial charge in [0, 0.05) is 5.41 Å². The van der Waals surface area contributed by atoms with E-state index in [1.807, 2.05) is 6.07 Å². The molecule has 3 aliphatic carbocycles. The number of ether oxygens (including phenoxy) is 1. The first-order valence-electron chi connectivity index (χ1n) is 11.9. The van der Waals surface area contributed by atoms with Crippen LogP contribution in [0.4, 0.5) is 0 Å². The van der Waals surface area contributed by atoms with Gasteiger partial charge in [0.15, 0.2) is 0 Å². The highest BCUT2D eigenvalue weighted by Gasteiger charge is 2.58. The summed E-state index contributed by atoms with van der Waals surface area (Å²) < 4.78 is 29.3. The molecular formula is C27H31NO5S. The normalized spacial score (nSPS) is 32.2. The van der Waals surface area contributed by atoms with E-state index in [1.165, 1.54) is 29.3 Å². The number of aromatic hydroxyl groups is 1. The summed E-state index contributed by atoms with van der Waals surface area (Å²) >= 11 is 0. The zero-order chi connectivity index (χ0) is 24.3. The molecule has 0 spiro atoms. The second-order valence-electron chi connectivity index (χ2n) is 10.5. The van der Waals surface area contributed by atoms with Gasteiger partial charge in [0.05, 0.1) is 10.5 Å². The molecule has 2 aromatic carbocycles. The molecule has 5 atom stereocenters. The Labute approximate surface area is 200 Å². The van der Waals surface area contributed by atoms with Gasteiger partial charge in [0.25, 0.3) is 0 Å². The number of benzene rings is 2. The Kier molecular flexibility index (Phi) is 5.41. The molecule has 34 heavy (non-hydrogen) atoms. The minimum Gasteiger partial charge on any atom is -0.508 e. The number of esters is 1. The second-order valence-corrected chi connectivity index (χ2v) is 12.1. The predicted octanol–water partition coefficient (Wildman–Crippen LogP) is 4.46. The van der Waals surface area contributed by atoms with Gasteiger partial charge >= 0.3 is 5.97 Å². The summed E-state index contributed by atoms with van der Waals surface area (Å²) in [5, 5.41) is 15.2. The summed E-state index contributed by atoms with van der Waals surface area (Å²) in [5.41, 5.74) is 2.61. The third-order valence-electron chi connectivity index (χ3n) is 8.71. The SMILES string of the molecule is C=CC12CC[C@]3(C)C[C@@H](OC(=O)c4cccc(S(N)(=O)=O)c4)CC3C1CCc1cc(O)ccc12. The average Bonchev–Trinajstić information content (AvgIpc) is 3.13. The summed E-state index contributed by atoms with van der Waals surface area (Å²) in [4.78, 5) is 12.8. The van der Waals surface area contributed by atoms with E-state index in [2.05, 4.69) is 25.6 Å². The number of rotatable bonds is 4. The quantitative estimate of drug-likeness (QED) is 0.495. The number of carbonyl (C=O) groups is 1. The molecule has 0 aliphatic heterocycles. The molecule has 5 rings (SSSR count). The van der Waals surface area contributed by atoms with Crippen LogP contribution in [0, 0.1) is 17.3 Å². The summed E-state index contributed by atoms with van der Waals surface area (Å²) in [5.74, 6) is 0.568. The van der Waals surface area contributed by atoms with E-state index in [0.29, 0.717) is 17.6 Å². The minimum absolute atomic E-state index is 0.0684. The van der Waals surface area contributed by atoms with Crippen molar-refractivity contribution >= 4 is 16.0 Å². The molecule has 2 fully saturated rings. The first-order chi connectivity index (χ1) is 16.1. The Hall–Kier alpha value is -2.64. The van der Waals surface area contributed by atoms with Crippen molar-refractivity contribution in [3.05, 3.63) is 71.8 Å². The highest BCUT2D eigenvalue weighted by molar-refractivity contribution is 7.89. The lowest BCUT2D eigenvalue weighted by molar-refractivity contribution is 0.0267. The highest BCUT2D eigenvalue weighted by atomic mass is 32.2. The molecule has 2 aromatic rings. The number of carbonyl (C=O) groups excluding carboxylic acids is 1. The molecule has 3 aliphatic rings. The molecule has 3 unspecified atom stereocenters. The van der Waals surface area contributed by atoms with Gasteiger partial charge in [-0.2, -0.15) is 0 Å². The Morgan fingerprint density at radius 3 is 2.74 bits per heavy atom. The zero-order valence-corrected chi connectivity index (χ0v) is 20.2. The largest absolute Gasteiger partial charge is 0.508 e. The fourth-order valence-electron chi connectivity index (χ4n) is 7.11. The zero-order valence-electron chi connectivity index (χ0n) is 19.4. The first-order valence-corrected chi connectivity index (χ1v) is 13.4. The van der Waals surface area contributed by atoms with Gasteiger partial charge in [0.1, 0.15) is 11.9 Å². The van der Waals surface area contributed by atoms with Gasteiger partial charge in [-0.05, 0) is 97.2 Å². The number of allylic oxidation sites excluding steroid dienone is 1. The average molecular weight is 482 g/mol. The van der Waals surface area contributed by atoms with Crippen LogP contribution in [0.2, 0.25) is 0 Å². The molecule has 2 saturated carbocycles. The van der Waals surface area contributed by atoms with Crippen LogP contribution in [0.3, 0.4) is 0 Å². The Morgan fingerprint density at radius 2 is 2.00 bits per heavy atom. The lowest BCUT2D eigenvalue weighted by Gasteiger charge is -2.55. The van der Waals surface area contributed by atoms with E-state index in [-0.39, 0.29) is 27.4 Å². The number of nitrogens with two attached hydrogens (primary N) is 1. The lowest BCUT2D eigenvalue weighted by Crippen LogP contribution is -2.49. The topological polar surface area (TPSA) is 107 Å². The van der Waals surface area contributed by atoms with E-state index in [0.717, 1.165) is 38.5 Å². The van der Waals surface area contributed by atoms with E-state index in [1.54, 1.807) is 12.1 Å². The molecule has 0 bridgehead atoms. The van der Waals surface area contributed by atoms with Crippen LogP contribution >= 0.6 is 0 Å². The van der Waals surface area contributed by atoms with Gasteiger partial charge in [-0.15, -0.1) is 6.58 Å². The fraction of sp³-hybridized carbons (Fsp3) is 0.444. The van der Waals surface area contributed by atoms with Gasteiger partial charge < -0.3 is 9.84 Å². The van der Waals surface area contributed by atoms with Crippen molar-refractivity contribution < 1.29 is 23.1 Å². The lowest BCUT2D eigenvalue weighted by atomic mass is 9.49. The highest BCUT2D eigenvalue weighted by Crippen LogP contribution is 2.64. The maximum absolute atomic E-state index is 12.9. The third-order valence-corrected chi connectivity index (χ3v) is 9.63. The fourth-order valence-corrected chi connectivity index (χ4v) is 7.67. The van der Waals surface area contributed by atoms with Crippen molar-refractivity contribution in [1.82, 2.24) is 0 Å². The molecule has 0 radical (unpaired) electrons. The number of hydrogen-bond donors (Lipinski definition) is 2. The predicted molar refractivity (Wildman–Crippen MR) is 129 cm³/mol. The molecule has 180 valence electrons. The Balaban J connectivity index is 1.39. The first kappa shape index (κ1) is 23.1. The molecule has 6 nitrogen and oxygen atoms in total. The number of phenolic OH excluding ortho intramolecular Hbond substituents is 1. The summed E-state index contributed by atoms with van der Waals surface area (Å²) in [7, 11) is -3.90. The monoisotopic (exact) mass is 481 g/mol. The summed E-state index contributed by atoms with van der Waals surface area (Å²) in [6.45, 7) is 6.56.